The van der Waals surface area contributed by atoms with E-state index in [9.17, 15) is 22.8 Å². The summed E-state index contributed by atoms with van der Waals surface area (Å²) in [5, 5.41) is 2.77. The van der Waals surface area contributed by atoms with E-state index in [-0.39, 0.29) is 37.1 Å². The Morgan fingerprint density at radius 2 is 1.73 bits per heavy atom. The van der Waals surface area contributed by atoms with E-state index >= 15 is 0 Å². The van der Waals surface area contributed by atoms with Crippen molar-refractivity contribution in [3.63, 3.8) is 0 Å². The second-order valence-electron chi connectivity index (χ2n) is 6.87. The number of carbonyl (C=O) groups excluding carboxylic acids is 2. The lowest BCUT2D eigenvalue weighted by molar-refractivity contribution is -0.153. The van der Waals surface area contributed by atoms with Crippen LogP contribution in [0.15, 0.2) is 48.5 Å². The number of nitrogens with zero attached hydrogens (tertiary/aromatic N) is 1. The average molecular weight is 422 g/mol. The molecule has 0 bridgehead atoms. The number of ether oxygens (including phenoxy) is 2. The Labute approximate surface area is 171 Å². The molecule has 0 aliphatic carbocycles. The largest absolute Gasteiger partial charge is 0.497 e. The average Bonchev–Trinajstić information content (AvgIpc) is 3.12. The fourth-order valence-corrected chi connectivity index (χ4v) is 3.10. The lowest BCUT2D eigenvalue weighted by atomic mass is 10.1. The van der Waals surface area contributed by atoms with Gasteiger partial charge in [-0.2, -0.15) is 13.2 Å². The van der Waals surface area contributed by atoms with Gasteiger partial charge in [0.05, 0.1) is 13.0 Å². The van der Waals surface area contributed by atoms with Gasteiger partial charge in [0.1, 0.15) is 11.5 Å². The van der Waals surface area contributed by atoms with Gasteiger partial charge >= 0.3 is 6.18 Å². The van der Waals surface area contributed by atoms with Gasteiger partial charge in [0.2, 0.25) is 11.8 Å². The summed E-state index contributed by atoms with van der Waals surface area (Å²) in [7, 11) is 1.56. The summed E-state index contributed by atoms with van der Waals surface area (Å²) in [5.74, 6) is -0.0920. The highest BCUT2D eigenvalue weighted by atomic mass is 19.4. The first kappa shape index (κ1) is 21.5. The maximum atomic E-state index is 12.5. The van der Waals surface area contributed by atoms with E-state index in [4.69, 9.17) is 4.74 Å². The van der Waals surface area contributed by atoms with Crippen LogP contribution in [-0.4, -0.2) is 38.3 Å². The summed E-state index contributed by atoms with van der Waals surface area (Å²) in [4.78, 5) is 26.3. The van der Waals surface area contributed by atoms with Crippen molar-refractivity contribution in [1.82, 2.24) is 5.32 Å². The van der Waals surface area contributed by atoms with Gasteiger partial charge in [-0.1, -0.05) is 12.1 Å². The molecule has 1 atom stereocenters. The number of hydrogen-bond acceptors (Lipinski definition) is 4. The van der Waals surface area contributed by atoms with E-state index in [2.05, 4.69) is 10.1 Å². The number of alkyl halides is 3. The second-order valence-corrected chi connectivity index (χ2v) is 6.87. The van der Waals surface area contributed by atoms with Crippen molar-refractivity contribution < 1.29 is 32.2 Å². The van der Waals surface area contributed by atoms with Gasteiger partial charge in [-0.05, 0) is 42.0 Å². The molecule has 6 nitrogen and oxygen atoms in total. The van der Waals surface area contributed by atoms with Crippen LogP contribution in [0.3, 0.4) is 0 Å². The molecule has 0 saturated carbocycles. The van der Waals surface area contributed by atoms with E-state index < -0.39 is 18.7 Å². The second kappa shape index (κ2) is 9.06. The number of hydrogen-bond donors (Lipinski definition) is 1. The standard InChI is InChI=1S/C21H21F3N2O4/c1-29-17-8-4-16(5-9-17)26-12-15(10-19(26)27)20(28)25-11-14-2-6-18(7-3-14)30-13-21(22,23)24/h2-9,15H,10-13H2,1H3,(H,25,28). The van der Waals surface area contributed by atoms with Crippen LogP contribution >= 0.6 is 0 Å². The van der Waals surface area contributed by atoms with Crippen LogP contribution in [-0.2, 0) is 16.1 Å². The fraction of sp³-hybridized carbons (Fsp3) is 0.333. The Hall–Kier alpha value is -3.23. The van der Waals surface area contributed by atoms with Gasteiger partial charge in [-0.3, -0.25) is 9.59 Å². The minimum absolute atomic E-state index is 0.0962. The van der Waals surface area contributed by atoms with Crippen molar-refractivity contribution in [1.29, 1.82) is 0 Å². The van der Waals surface area contributed by atoms with Crippen molar-refractivity contribution in [2.24, 2.45) is 5.92 Å². The molecule has 1 unspecified atom stereocenters. The molecule has 2 aromatic carbocycles. The fourth-order valence-electron chi connectivity index (χ4n) is 3.10. The Morgan fingerprint density at radius 3 is 2.33 bits per heavy atom. The molecule has 2 amide bonds. The Balaban J connectivity index is 1.50. The molecule has 2 aromatic rings. The monoisotopic (exact) mass is 422 g/mol. The SMILES string of the molecule is COc1ccc(N2CC(C(=O)NCc3ccc(OCC(F)(F)F)cc3)CC2=O)cc1. The first-order valence-corrected chi connectivity index (χ1v) is 9.26. The van der Waals surface area contributed by atoms with Crippen LogP contribution in [0.4, 0.5) is 18.9 Å². The summed E-state index contributed by atoms with van der Waals surface area (Å²) >= 11 is 0. The summed E-state index contributed by atoms with van der Waals surface area (Å²) in [6.45, 7) is -0.879. The Kier molecular flexibility index (Phi) is 6.49. The summed E-state index contributed by atoms with van der Waals surface area (Å²) in [5.41, 5.74) is 1.41. The van der Waals surface area contributed by atoms with E-state index in [0.29, 0.717) is 17.0 Å². The number of rotatable bonds is 7. The molecule has 0 aromatic heterocycles. The van der Waals surface area contributed by atoms with E-state index in [1.807, 2.05) is 0 Å². The predicted octanol–water partition coefficient (Wildman–Crippen LogP) is 3.31. The molecule has 1 saturated heterocycles. The van der Waals surface area contributed by atoms with Crippen LogP contribution in [0.1, 0.15) is 12.0 Å². The zero-order valence-electron chi connectivity index (χ0n) is 16.2. The van der Waals surface area contributed by atoms with Gasteiger partial charge in [0.15, 0.2) is 6.61 Å². The molecule has 1 N–H and O–H groups in total. The van der Waals surface area contributed by atoms with Crippen molar-refractivity contribution in [2.45, 2.75) is 19.1 Å². The normalized spacial score (nSPS) is 16.5. The first-order chi connectivity index (χ1) is 14.2. The van der Waals surface area contributed by atoms with Crippen molar-refractivity contribution in [3.05, 3.63) is 54.1 Å². The number of carbonyl (C=O) groups is 2. The number of benzene rings is 2. The number of anilines is 1. The highest BCUT2D eigenvalue weighted by Gasteiger charge is 2.35. The molecular formula is C21H21F3N2O4. The molecule has 1 aliphatic heterocycles. The third-order valence-electron chi connectivity index (χ3n) is 4.67. The third kappa shape index (κ3) is 5.65. The zero-order valence-corrected chi connectivity index (χ0v) is 16.2. The van der Waals surface area contributed by atoms with Gasteiger partial charge in [-0.25, -0.2) is 0 Å². The highest BCUT2D eigenvalue weighted by molar-refractivity contribution is 6.00. The minimum Gasteiger partial charge on any atom is -0.497 e. The van der Waals surface area contributed by atoms with Gasteiger partial charge in [-0.15, -0.1) is 0 Å². The molecular weight excluding hydrogens is 401 g/mol. The lowest BCUT2D eigenvalue weighted by Crippen LogP contribution is -2.32. The van der Waals surface area contributed by atoms with E-state index in [1.165, 1.54) is 12.1 Å². The van der Waals surface area contributed by atoms with Crippen LogP contribution < -0.4 is 19.7 Å². The van der Waals surface area contributed by atoms with Crippen LogP contribution in [0.25, 0.3) is 0 Å². The third-order valence-corrected chi connectivity index (χ3v) is 4.67. The summed E-state index contributed by atoms with van der Waals surface area (Å²) < 4.78 is 46.3. The summed E-state index contributed by atoms with van der Waals surface area (Å²) in [6, 6.07) is 13.0. The Morgan fingerprint density at radius 1 is 1.10 bits per heavy atom. The van der Waals surface area contributed by atoms with Crippen molar-refractivity contribution in [3.8, 4) is 11.5 Å². The Bertz CT molecular complexity index is 883. The molecule has 160 valence electrons. The van der Waals surface area contributed by atoms with Crippen molar-refractivity contribution >= 4 is 17.5 Å². The van der Waals surface area contributed by atoms with Crippen LogP contribution in [0, 0.1) is 5.92 Å². The smallest absolute Gasteiger partial charge is 0.422 e. The van der Waals surface area contributed by atoms with E-state index in [1.54, 1.807) is 48.4 Å². The number of nitrogens with one attached hydrogen (secondary N) is 1. The van der Waals surface area contributed by atoms with Gasteiger partial charge in [0, 0.05) is 25.2 Å². The number of halogens is 3. The maximum absolute atomic E-state index is 12.5. The van der Waals surface area contributed by atoms with Crippen molar-refractivity contribution in [2.75, 3.05) is 25.2 Å². The molecule has 30 heavy (non-hydrogen) atoms. The molecule has 1 fully saturated rings. The highest BCUT2D eigenvalue weighted by Crippen LogP contribution is 2.27. The van der Waals surface area contributed by atoms with E-state index in [0.717, 1.165) is 0 Å². The molecule has 3 rings (SSSR count). The molecule has 9 heteroatoms. The minimum atomic E-state index is -4.40. The zero-order chi connectivity index (χ0) is 21.7. The molecule has 1 aliphatic rings. The molecule has 0 radical (unpaired) electrons. The van der Waals surface area contributed by atoms with Crippen LogP contribution in [0.2, 0.25) is 0 Å². The topological polar surface area (TPSA) is 67.9 Å². The first-order valence-electron chi connectivity index (χ1n) is 9.26. The maximum Gasteiger partial charge on any atom is 0.422 e. The lowest BCUT2D eigenvalue weighted by Gasteiger charge is -2.17. The quantitative estimate of drug-likeness (QED) is 0.744. The predicted molar refractivity (Wildman–Crippen MR) is 103 cm³/mol. The molecule has 0 spiro atoms. The summed E-state index contributed by atoms with van der Waals surface area (Å²) in [6.07, 6.45) is -4.28. The van der Waals surface area contributed by atoms with Crippen LogP contribution in [0.5, 0.6) is 11.5 Å². The number of methoxy groups -OCH3 is 1. The number of amides is 2. The molecule has 1 heterocycles. The van der Waals surface area contributed by atoms with Gasteiger partial charge in [0.25, 0.3) is 0 Å². The van der Waals surface area contributed by atoms with Gasteiger partial charge < -0.3 is 19.7 Å².